The molecule has 0 fully saturated rings. The zero-order chi connectivity index (χ0) is 22.3. The number of aromatic nitrogens is 2. The van der Waals surface area contributed by atoms with Crippen LogP contribution in [0.15, 0.2) is 65.2 Å². The molecule has 0 bridgehead atoms. The highest BCUT2D eigenvalue weighted by Crippen LogP contribution is 2.34. The Labute approximate surface area is 196 Å². The van der Waals surface area contributed by atoms with E-state index in [4.69, 9.17) is 19.2 Å². The smallest absolute Gasteiger partial charge is 0.212 e. The van der Waals surface area contributed by atoms with Crippen molar-refractivity contribution in [3.8, 4) is 11.3 Å². The molecule has 2 heterocycles. The van der Waals surface area contributed by atoms with Crippen LogP contribution in [0.1, 0.15) is 57.3 Å². The Morgan fingerprint density at radius 2 is 1.76 bits per heavy atom. The molecule has 4 rings (SSSR count). The molecule has 0 saturated carbocycles. The largest absolute Gasteiger partial charge is 0.439 e. The van der Waals surface area contributed by atoms with E-state index in [0.29, 0.717) is 24.2 Å². The monoisotopic (exact) mass is 449 g/mol. The third-order valence-electron chi connectivity index (χ3n) is 5.88. The van der Waals surface area contributed by atoms with Crippen molar-refractivity contribution < 1.29 is 14.2 Å². The summed E-state index contributed by atoms with van der Waals surface area (Å²) in [6.07, 6.45) is 4.02. The molecule has 33 heavy (non-hydrogen) atoms. The van der Waals surface area contributed by atoms with Gasteiger partial charge in [0, 0.05) is 22.7 Å². The van der Waals surface area contributed by atoms with Gasteiger partial charge < -0.3 is 14.7 Å². The van der Waals surface area contributed by atoms with Crippen molar-refractivity contribution in [2.75, 3.05) is 7.05 Å². The normalized spacial score (nSPS) is 13.1. The lowest BCUT2D eigenvalue weighted by Gasteiger charge is -2.16. The van der Waals surface area contributed by atoms with E-state index < -0.39 is 0 Å². The average molecular weight is 450 g/mol. The van der Waals surface area contributed by atoms with Crippen LogP contribution >= 0.6 is 0 Å². The maximum Gasteiger partial charge on any atom is 0.212 e. The first-order valence-electron chi connectivity index (χ1n) is 11.2. The van der Waals surface area contributed by atoms with Crippen LogP contribution in [0.25, 0.3) is 22.2 Å². The number of hydrogen-bond donors (Lipinski definition) is 2. The molecule has 2 aromatic heterocycles. The number of oxazole rings is 1. The molecule has 4 aromatic rings. The van der Waals surface area contributed by atoms with Crippen LogP contribution in [0, 0.1) is 5.92 Å². The van der Waals surface area contributed by atoms with E-state index in [9.17, 15) is 0 Å². The SMILES string of the molecule is C.CC[C@@H](C)CC(NC)c1nc(COOCc2ccccc2)c(-c2c[nH]c3ccccc23)o1. The van der Waals surface area contributed by atoms with E-state index in [2.05, 4.69) is 36.3 Å². The molecule has 2 N–H and O–H groups in total. The Balaban J connectivity index is 0.00000306. The molecule has 0 radical (unpaired) electrons. The molecule has 0 amide bonds. The molecule has 176 valence electrons. The van der Waals surface area contributed by atoms with Gasteiger partial charge in [-0.25, -0.2) is 14.8 Å². The zero-order valence-corrected chi connectivity index (χ0v) is 18.9. The fraction of sp³-hybridized carbons (Fsp3) is 0.370. The molecule has 0 aliphatic rings. The van der Waals surface area contributed by atoms with Gasteiger partial charge in [-0.05, 0) is 31.0 Å². The van der Waals surface area contributed by atoms with Crippen LogP contribution in [-0.4, -0.2) is 17.0 Å². The van der Waals surface area contributed by atoms with Crippen molar-refractivity contribution in [1.29, 1.82) is 0 Å². The predicted molar refractivity (Wildman–Crippen MR) is 132 cm³/mol. The maximum atomic E-state index is 6.35. The summed E-state index contributed by atoms with van der Waals surface area (Å²) in [7, 11) is 1.95. The number of nitrogens with one attached hydrogen (secondary N) is 2. The minimum absolute atomic E-state index is 0. The first-order chi connectivity index (χ1) is 15.7. The summed E-state index contributed by atoms with van der Waals surface area (Å²) < 4.78 is 6.35. The lowest BCUT2D eigenvalue weighted by atomic mass is 9.99. The molecular formula is C27H35N3O3. The number of aromatic amines is 1. The van der Waals surface area contributed by atoms with E-state index in [1.54, 1.807) is 0 Å². The summed E-state index contributed by atoms with van der Waals surface area (Å²) in [4.78, 5) is 19.2. The quantitative estimate of drug-likeness (QED) is 0.150. The van der Waals surface area contributed by atoms with Crippen LogP contribution in [-0.2, 0) is 23.0 Å². The van der Waals surface area contributed by atoms with Crippen molar-refractivity contribution in [2.45, 2.75) is 53.4 Å². The fourth-order valence-corrected chi connectivity index (χ4v) is 3.78. The van der Waals surface area contributed by atoms with E-state index >= 15 is 0 Å². The molecule has 0 saturated heterocycles. The van der Waals surface area contributed by atoms with Crippen LogP contribution in [0.5, 0.6) is 0 Å². The minimum atomic E-state index is 0. The van der Waals surface area contributed by atoms with Crippen molar-refractivity contribution in [1.82, 2.24) is 15.3 Å². The van der Waals surface area contributed by atoms with Crippen molar-refractivity contribution >= 4 is 10.9 Å². The molecule has 0 spiro atoms. The van der Waals surface area contributed by atoms with Gasteiger partial charge in [-0.2, -0.15) is 0 Å². The second kappa shape index (κ2) is 11.8. The molecule has 0 aliphatic carbocycles. The van der Waals surface area contributed by atoms with Crippen LogP contribution < -0.4 is 5.32 Å². The summed E-state index contributed by atoms with van der Waals surface area (Å²) in [6, 6.07) is 18.1. The topological polar surface area (TPSA) is 72.3 Å². The Bertz CT molecular complexity index is 1120. The van der Waals surface area contributed by atoms with Crippen LogP contribution in [0.3, 0.4) is 0 Å². The number of fused-ring (bicyclic) bond motifs is 1. The van der Waals surface area contributed by atoms with Crippen molar-refractivity contribution in [3.05, 3.63) is 77.9 Å². The van der Waals surface area contributed by atoms with Gasteiger partial charge >= 0.3 is 0 Å². The third-order valence-corrected chi connectivity index (χ3v) is 5.88. The summed E-state index contributed by atoms with van der Waals surface area (Å²) in [6.45, 7) is 5.02. The van der Waals surface area contributed by atoms with Gasteiger partial charge in [0.1, 0.15) is 18.9 Å². The summed E-state index contributed by atoms with van der Waals surface area (Å²) in [5.74, 6) is 1.95. The predicted octanol–water partition coefficient (Wildman–Crippen LogP) is 6.80. The van der Waals surface area contributed by atoms with E-state index in [-0.39, 0.29) is 20.1 Å². The van der Waals surface area contributed by atoms with Gasteiger partial charge in [-0.3, -0.25) is 0 Å². The van der Waals surface area contributed by atoms with E-state index in [1.807, 2.05) is 55.7 Å². The maximum absolute atomic E-state index is 6.35. The fourth-order valence-electron chi connectivity index (χ4n) is 3.78. The minimum Gasteiger partial charge on any atom is -0.439 e. The van der Waals surface area contributed by atoms with Gasteiger partial charge in [-0.1, -0.05) is 76.2 Å². The lowest BCUT2D eigenvalue weighted by Crippen LogP contribution is -2.19. The van der Waals surface area contributed by atoms with Crippen LogP contribution in [0.2, 0.25) is 0 Å². The van der Waals surface area contributed by atoms with Crippen molar-refractivity contribution in [2.24, 2.45) is 5.92 Å². The van der Waals surface area contributed by atoms with Gasteiger partial charge in [0.2, 0.25) is 5.89 Å². The molecule has 2 atom stereocenters. The number of hydrogen-bond acceptors (Lipinski definition) is 5. The molecule has 6 nitrogen and oxygen atoms in total. The second-order valence-corrected chi connectivity index (χ2v) is 8.18. The summed E-state index contributed by atoms with van der Waals surface area (Å²) in [5, 5.41) is 4.45. The molecule has 0 aliphatic heterocycles. The Morgan fingerprint density at radius 3 is 2.52 bits per heavy atom. The first kappa shape index (κ1) is 24.7. The number of rotatable bonds is 11. The third kappa shape index (κ3) is 5.90. The lowest BCUT2D eigenvalue weighted by molar-refractivity contribution is -0.313. The molecule has 6 heteroatoms. The van der Waals surface area contributed by atoms with Gasteiger partial charge in [0.05, 0.1) is 6.04 Å². The molecule has 1 unspecified atom stereocenters. The molecular weight excluding hydrogens is 414 g/mol. The molecule has 2 aromatic carbocycles. The Hall–Kier alpha value is -2.93. The highest BCUT2D eigenvalue weighted by molar-refractivity contribution is 5.94. The zero-order valence-electron chi connectivity index (χ0n) is 18.9. The van der Waals surface area contributed by atoms with E-state index in [1.165, 1.54) is 0 Å². The van der Waals surface area contributed by atoms with Gasteiger partial charge in [0.15, 0.2) is 5.76 Å². The highest BCUT2D eigenvalue weighted by Gasteiger charge is 2.24. The standard InChI is InChI=1S/C26H31N3O3.CH4/c1-4-18(2)14-23(27-3)26-29-24(17-31-30-16-19-10-6-5-7-11-19)25(32-26)21-15-28-22-13-9-8-12-20(21)22;/h5-13,15,18,23,27-28H,4,14,16-17H2,1-3H3;1H4/t18-,23?;/m1./s1. The van der Waals surface area contributed by atoms with Gasteiger partial charge in [0.25, 0.3) is 0 Å². The number of nitrogens with zero attached hydrogens (tertiary/aromatic N) is 1. The second-order valence-electron chi connectivity index (χ2n) is 8.18. The number of para-hydroxylation sites is 1. The van der Waals surface area contributed by atoms with Gasteiger partial charge in [-0.15, -0.1) is 0 Å². The summed E-state index contributed by atoms with van der Waals surface area (Å²) >= 11 is 0. The Kier molecular flexibility index (Phi) is 8.83. The number of H-pyrrole nitrogens is 1. The summed E-state index contributed by atoms with van der Waals surface area (Å²) in [5.41, 5.74) is 3.80. The highest BCUT2D eigenvalue weighted by atomic mass is 17.2. The average Bonchev–Trinajstić information content (AvgIpc) is 3.45. The first-order valence-corrected chi connectivity index (χ1v) is 11.2. The van der Waals surface area contributed by atoms with Crippen molar-refractivity contribution in [3.63, 3.8) is 0 Å². The van der Waals surface area contributed by atoms with E-state index in [0.717, 1.165) is 40.6 Å². The van der Waals surface area contributed by atoms with Crippen LogP contribution in [0.4, 0.5) is 0 Å². The number of benzene rings is 2. The Morgan fingerprint density at radius 1 is 1.03 bits per heavy atom.